The molecule has 2 aromatic carbocycles. The van der Waals surface area contributed by atoms with E-state index in [1.165, 1.54) is 0 Å². The Morgan fingerprint density at radius 2 is 1.35 bits per heavy atom. The maximum Gasteiger partial charge on any atom is 0.242 e. The highest BCUT2D eigenvalue weighted by Crippen LogP contribution is 2.23. The lowest BCUT2D eigenvalue weighted by molar-refractivity contribution is -0.133. The van der Waals surface area contributed by atoms with Crippen molar-refractivity contribution in [2.24, 2.45) is 5.41 Å². The van der Waals surface area contributed by atoms with Gasteiger partial charge in [0, 0.05) is 17.9 Å². The van der Waals surface area contributed by atoms with Crippen LogP contribution in [0.5, 0.6) is 0 Å². The molecule has 2 aromatic rings. The predicted octanol–water partition coefficient (Wildman–Crippen LogP) is 3.49. The van der Waals surface area contributed by atoms with Gasteiger partial charge >= 0.3 is 0 Å². The SMILES string of the molecule is CC(NC(=O)C(C)(C)C)C(=O)NCC(c1ccccc1)c1ccccc1. The molecule has 0 heterocycles. The van der Waals surface area contributed by atoms with Gasteiger partial charge in [0.2, 0.25) is 11.8 Å². The molecule has 138 valence electrons. The summed E-state index contributed by atoms with van der Waals surface area (Å²) in [5.74, 6) is -0.255. The minimum Gasteiger partial charge on any atom is -0.353 e. The van der Waals surface area contributed by atoms with Gasteiger partial charge in [-0.25, -0.2) is 0 Å². The number of carbonyl (C=O) groups is 2. The van der Waals surface area contributed by atoms with Crippen LogP contribution in [0.3, 0.4) is 0 Å². The molecule has 0 aliphatic rings. The average Bonchev–Trinajstić information content (AvgIpc) is 2.62. The molecule has 2 rings (SSSR count). The first kappa shape index (κ1) is 19.7. The van der Waals surface area contributed by atoms with Gasteiger partial charge in [0.25, 0.3) is 0 Å². The summed E-state index contributed by atoms with van der Waals surface area (Å²) < 4.78 is 0. The molecule has 1 atom stereocenters. The van der Waals surface area contributed by atoms with Crippen molar-refractivity contribution < 1.29 is 9.59 Å². The Morgan fingerprint density at radius 3 is 1.77 bits per heavy atom. The second-order valence-corrected chi connectivity index (χ2v) is 7.56. The van der Waals surface area contributed by atoms with E-state index in [2.05, 4.69) is 34.9 Å². The van der Waals surface area contributed by atoms with Crippen LogP contribution in [0.25, 0.3) is 0 Å². The number of nitrogens with one attached hydrogen (secondary N) is 2. The van der Waals surface area contributed by atoms with Gasteiger partial charge in [0.1, 0.15) is 6.04 Å². The second-order valence-electron chi connectivity index (χ2n) is 7.56. The number of benzene rings is 2. The average molecular weight is 352 g/mol. The Balaban J connectivity index is 2.05. The van der Waals surface area contributed by atoms with Crippen molar-refractivity contribution in [3.8, 4) is 0 Å². The summed E-state index contributed by atoms with van der Waals surface area (Å²) in [4.78, 5) is 24.5. The molecule has 0 saturated heterocycles. The van der Waals surface area contributed by atoms with Gasteiger partial charge in [0.05, 0.1) is 0 Å². The number of amides is 2. The lowest BCUT2D eigenvalue weighted by atomic mass is 9.91. The van der Waals surface area contributed by atoms with E-state index in [-0.39, 0.29) is 17.7 Å². The molecule has 0 aromatic heterocycles. The van der Waals surface area contributed by atoms with Crippen LogP contribution in [0.1, 0.15) is 44.7 Å². The first-order chi connectivity index (χ1) is 12.3. The highest BCUT2D eigenvalue weighted by atomic mass is 16.2. The summed E-state index contributed by atoms with van der Waals surface area (Å²) in [6.45, 7) is 7.66. The number of rotatable bonds is 6. The molecule has 1 unspecified atom stereocenters. The van der Waals surface area contributed by atoms with Crippen LogP contribution < -0.4 is 10.6 Å². The first-order valence-electron chi connectivity index (χ1n) is 8.97. The zero-order valence-corrected chi connectivity index (χ0v) is 16.0. The molecule has 4 nitrogen and oxygen atoms in total. The Labute approximate surface area is 156 Å². The van der Waals surface area contributed by atoms with E-state index in [0.29, 0.717) is 6.54 Å². The van der Waals surface area contributed by atoms with Gasteiger partial charge in [-0.1, -0.05) is 81.4 Å². The van der Waals surface area contributed by atoms with Crippen LogP contribution in [-0.2, 0) is 9.59 Å². The topological polar surface area (TPSA) is 58.2 Å². The third-order valence-electron chi connectivity index (χ3n) is 4.31. The van der Waals surface area contributed by atoms with Gasteiger partial charge in [-0.05, 0) is 18.1 Å². The van der Waals surface area contributed by atoms with E-state index in [4.69, 9.17) is 0 Å². The van der Waals surface area contributed by atoms with Gasteiger partial charge in [-0.2, -0.15) is 0 Å². The van der Waals surface area contributed by atoms with Crippen LogP contribution in [0, 0.1) is 5.41 Å². The minimum atomic E-state index is -0.575. The summed E-state index contributed by atoms with van der Waals surface area (Å²) >= 11 is 0. The van der Waals surface area contributed by atoms with Crippen LogP contribution in [0.15, 0.2) is 60.7 Å². The zero-order chi connectivity index (χ0) is 19.2. The van der Waals surface area contributed by atoms with Crippen molar-refractivity contribution in [1.29, 1.82) is 0 Å². The minimum absolute atomic E-state index is 0.0619. The van der Waals surface area contributed by atoms with E-state index < -0.39 is 11.5 Å². The largest absolute Gasteiger partial charge is 0.353 e. The molecule has 0 aliphatic heterocycles. The third-order valence-corrected chi connectivity index (χ3v) is 4.31. The van der Waals surface area contributed by atoms with Crippen LogP contribution in [0.2, 0.25) is 0 Å². The fraction of sp³-hybridized carbons (Fsp3) is 0.364. The molecule has 0 spiro atoms. The molecule has 0 bridgehead atoms. The molecular formula is C22H28N2O2. The normalized spacial score (nSPS) is 12.5. The molecule has 2 N–H and O–H groups in total. The maximum absolute atomic E-state index is 12.4. The molecule has 0 fully saturated rings. The molecular weight excluding hydrogens is 324 g/mol. The number of carbonyl (C=O) groups excluding carboxylic acids is 2. The summed E-state index contributed by atoms with van der Waals surface area (Å²) in [6.07, 6.45) is 0. The molecule has 0 aliphatic carbocycles. The van der Waals surface area contributed by atoms with Crippen molar-refractivity contribution in [1.82, 2.24) is 10.6 Å². The third kappa shape index (κ3) is 5.45. The number of hydrogen-bond acceptors (Lipinski definition) is 2. The summed E-state index contributed by atoms with van der Waals surface area (Å²) in [5.41, 5.74) is 1.77. The molecule has 4 heteroatoms. The Kier molecular flexibility index (Phi) is 6.56. The van der Waals surface area contributed by atoms with E-state index in [9.17, 15) is 9.59 Å². The lowest BCUT2D eigenvalue weighted by Gasteiger charge is -2.23. The van der Waals surface area contributed by atoms with E-state index >= 15 is 0 Å². The fourth-order valence-electron chi connectivity index (χ4n) is 2.63. The van der Waals surface area contributed by atoms with Gasteiger partial charge in [0.15, 0.2) is 0 Å². The van der Waals surface area contributed by atoms with Gasteiger partial charge < -0.3 is 10.6 Å². The number of hydrogen-bond donors (Lipinski definition) is 2. The van der Waals surface area contributed by atoms with E-state index in [1.54, 1.807) is 6.92 Å². The first-order valence-corrected chi connectivity index (χ1v) is 8.97. The smallest absolute Gasteiger partial charge is 0.242 e. The lowest BCUT2D eigenvalue weighted by Crippen LogP contribution is -2.48. The van der Waals surface area contributed by atoms with E-state index in [1.807, 2.05) is 57.2 Å². The molecule has 26 heavy (non-hydrogen) atoms. The van der Waals surface area contributed by atoms with Gasteiger partial charge in [-0.3, -0.25) is 9.59 Å². The highest BCUT2D eigenvalue weighted by Gasteiger charge is 2.25. The Hall–Kier alpha value is -2.62. The van der Waals surface area contributed by atoms with Crippen molar-refractivity contribution in [2.75, 3.05) is 6.54 Å². The van der Waals surface area contributed by atoms with E-state index in [0.717, 1.165) is 11.1 Å². The summed E-state index contributed by atoms with van der Waals surface area (Å²) in [7, 11) is 0. The zero-order valence-electron chi connectivity index (χ0n) is 16.0. The van der Waals surface area contributed by atoms with Crippen molar-refractivity contribution in [3.05, 3.63) is 71.8 Å². The molecule has 0 radical (unpaired) electrons. The van der Waals surface area contributed by atoms with Crippen molar-refractivity contribution in [2.45, 2.75) is 39.7 Å². The predicted molar refractivity (Wildman–Crippen MR) is 105 cm³/mol. The Morgan fingerprint density at radius 1 is 0.885 bits per heavy atom. The van der Waals surface area contributed by atoms with Crippen molar-refractivity contribution >= 4 is 11.8 Å². The molecule has 0 saturated carbocycles. The maximum atomic E-state index is 12.4. The van der Waals surface area contributed by atoms with Crippen molar-refractivity contribution in [3.63, 3.8) is 0 Å². The summed E-state index contributed by atoms with van der Waals surface area (Å²) in [5, 5.41) is 5.75. The molecule has 2 amide bonds. The standard InChI is InChI=1S/C22H28N2O2/c1-16(24-21(26)22(2,3)4)20(25)23-15-19(17-11-7-5-8-12-17)18-13-9-6-10-14-18/h5-14,16,19H,15H2,1-4H3,(H,23,25)(H,24,26). The van der Waals surface area contributed by atoms with Crippen LogP contribution in [-0.4, -0.2) is 24.4 Å². The summed E-state index contributed by atoms with van der Waals surface area (Å²) in [6, 6.07) is 19.6. The van der Waals surface area contributed by atoms with Gasteiger partial charge in [-0.15, -0.1) is 0 Å². The van der Waals surface area contributed by atoms with Crippen LogP contribution >= 0.6 is 0 Å². The second kappa shape index (κ2) is 8.65. The Bertz CT molecular complexity index is 681. The monoisotopic (exact) mass is 352 g/mol. The highest BCUT2D eigenvalue weighted by molar-refractivity contribution is 5.89. The fourth-order valence-corrected chi connectivity index (χ4v) is 2.63. The quantitative estimate of drug-likeness (QED) is 0.836. The van der Waals surface area contributed by atoms with Crippen LogP contribution in [0.4, 0.5) is 0 Å².